The summed E-state index contributed by atoms with van der Waals surface area (Å²) in [5.74, 6) is 0.927. The molecule has 1 aliphatic carbocycles. The highest BCUT2D eigenvalue weighted by Gasteiger charge is 2.43. The van der Waals surface area contributed by atoms with Crippen LogP contribution in [0.5, 0.6) is 5.75 Å². The van der Waals surface area contributed by atoms with Gasteiger partial charge >= 0.3 is 0 Å². The Morgan fingerprint density at radius 3 is 2.56 bits per heavy atom. The molecule has 2 aromatic carbocycles. The third-order valence-electron chi connectivity index (χ3n) is 6.74. The topological polar surface area (TPSA) is 45.1 Å². The number of benzene rings is 2. The van der Waals surface area contributed by atoms with Crippen molar-refractivity contribution in [1.29, 1.82) is 0 Å². The lowest BCUT2D eigenvalue weighted by molar-refractivity contribution is -0.124. The molecule has 0 spiro atoms. The molecular weight excluding hydrogens is 462 g/mol. The van der Waals surface area contributed by atoms with Crippen molar-refractivity contribution in [3.63, 3.8) is 0 Å². The Labute approximate surface area is 210 Å². The van der Waals surface area contributed by atoms with Crippen molar-refractivity contribution < 1.29 is 9.53 Å². The molecule has 34 heavy (non-hydrogen) atoms. The van der Waals surface area contributed by atoms with Gasteiger partial charge in [-0.15, -0.1) is 0 Å². The summed E-state index contributed by atoms with van der Waals surface area (Å²) in [5.41, 5.74) is 4.40. The van der Waals surface area contributed by atoms with E-state index in [4.69, 9.17) is 9.73 Å². The second-order valence-electron chi connectivity index (χ2n) is 9.07. The fourth-order valence-electron chi connectivity index (χ4n) is 4.96. The van der Waals surface area contributed by atoms with E-state index in [0.717, 1.165) is 62.1 Å². The van der Waals surface area contributed by atoms with Crippen LogP contribution in [0.25, 0.3) is 0 Å². The first kappa shape index (κ1) is 23.4. The number of carbonyl (C=O) groups excluding carboxylic acids is 1. The first-order chi connectivity index (χ1) is 16.5. The highest BCUT2D eigenvalue weighted by atomic mass is 32.2. The van der Waals surface area contributed by atoms with E-state index in [0.29, 0.717) is 0 Å². The highest BCUT2D eigenvalue weighted by Crippen LogP contribution is 2.52. The number of carbonyl (C=O) groups is 1. The fourth-order valence-corrected chi connectivity index (χ4v) is 7.39. The quantitative estimate of drug-likeness (QED) is 0.429. The molecule has 7 heteroatoms. The Balaban J connectivity index is 1.58. The maximum Gasteiger partial charge on any atom is 0.269 e. The number of thioether (sulfide) groups is 2. The van der Waals surface area contributed by atoms with Crippen LogP contribution in [0.2, 0.25) is 0 Å². The molecule has 5 rings (SSSR count). The summed E-state index contributed by atoms with van der Waals surface area (Å²) in [6.07, 6.45) is 5.68. The molecule has 1 saturated heterocycles. The van der Waals surface area contributed by atoms with Gasteiger partial charge in [0.2, 0.25) is 0 Å². The molecule has 0 aromatic heterocycles. The summed E-state index contributed by atoms with van der Waals surface area (Å²) < 4.78 is 5.46. The molecule has 2 aromatic rings. The van der Waals surface area contributed by atoms with Crippen LogP contribution in [0.3, 0.4) is 0 Å². The number of aliphatic imine (C=N–C) groups is 1. The Hall–Kier alpha value is -2.38. The number of nitrogens with zero attached hydrogens (tertiary/aromatic N) is 3. The predicted octanol–water partition coefficient (Wildman–Crippen LogP) is 7.01. The van der Waals surface area contributed by atoms with Gasteiger partial charge < -0.3 is 9.64 Å². The Kier molecular flexibility index (Phi) is 6.67. The van der Waals surface area contributed by atoms with Crippen molar-refractivity contribution in [2.45, 2.75) is 63.8 Å². The molecule has 0 atom stereocenters. The number of amidine groups is 1. The standard InChI is InChI=1S/C27H31N3O2S2/c1-5-29-22-16-20(32-4)12-14-23(22)33-26(29)24-25(31)30(19-9-7-6-8-10-19)27(34-24)28-21-13-11-17(2)15-18(21)3/h11-16,19H,5-10H2,1-4H3. The number of amides is 1. The SMILES string of the molecule is CCN1C(=C2SC(=Nc3ccc(C)cc3C)N(C3CCCCC3)C2=O)Sc2ccc(OC)cc21. The second kappa shape index (κ2) is 9.70. The smallest absolute Gasteiger partial charge is 0.269 e. The lowest BCUT2D eigenvalue weighted by atomic mass is 9.94. The summed E-state index contributed by atoms with van der Waals surface area (Å²) in [5, 5.41) is 1.82. The van der Waals surface area contributed by atoms with Gasteiger partial charge in [0.1, 0.15) is 15.7 Å². The van der Waals surface area contributed by atoms with Gasteiger partial charge in [-0.2, -0.15) is 0 Å². The summed E-state index contributed by atoms with van der Waals surface area (Å²) in [4.78, 5) is 25.2. The minimum absolute atomic E-state index is 0.0983. The predicted molar refractivity (Wildman–Crippen MR) is 143 cm³/mol. The van der Waals surface area contributed by atoms with E-state index < -0.39 is 0 Å². The van der Waals surface area contributed by atoms with Crippen LogP contribution in [-0.2, 0) is 4.79 Å². The zero-order chi connectivity index (χ0) is 23.8. The zero-order valence-electron chi connectivity index (χ0n) is 20.3. The summed E-state index contributed by atoms with van der Waals surface area (Å²) >= 11 is 3.22. The molecular formula is C27H31N3O2S2. The van der Waals surface area contributed by atoms with E-state index in [2.05, 4.69) is 56.0 Å². The average molecular weight is 494 g/mol. The molecule has 0 radical (unpaired) electrons. The van der Waals surface area contributed by atoms with Crippen LogP contribution >= 0.6 is 23.5 Å². The van der Waals surface area contributed by atoms with Gasteiger partial charge in [-0.1, -0.05) is 48.7 Å². The Morgan fingerprint density at radius 2 is 1.85 bits per heavy atom. The third kappa shape index (κ3) is 4.24. The van der Waals surface area contributed by atoms with Crippen molar-refractivity contribution >= 4 is 46.0 Å². The average Bonchev–Trinajstić information content (AvgIpc) is 3.37. The Morgan fingerprint density at radius 1 is 1.06 bits per heavy atom. The number of hydrogen-bond donors (Lipinski definition) is 0. The molecule has 1 saturated carbocycles. The molecule has 3 aliphatic rings. The maximum atomic E-state index is 14.0. The molecule has 1 amide bonds. The van der Waals surface area contributed by atoms with E-state index in [1.165, 1.54) is 36.6 Å². The minimum Gasteiger partial charge on any atom is -0.497 e. The number of hydrogen-bond acceptors (Lipinski definition) is 6. The lowest BCUT2D eigenvalue weighted by Gasteiger charge is -2.30. The van der Waals surface area contributed by atoms with Crippen LogP contribution in [-0.4, -0.2) is 35.7 Å². The normalized spacial score (nSPS) is 22.1. The first-order valence-electron chi connectivity index (χ1n) is 12.0. The van der Waals surface area contributed by atoms with Crippen LogP contribution in [0.1, 0.15) is 50.2 Å². The van der Waals surface area contributed by atoms with E-state index >= 15 is 0 Å². The van der Waals surface area contributed by atoms with Gasteiger partial charge in [0, 0.05) is 23.5 Å². The van der Waals surface area contributed by atoms with E-state index in [-0.39, 0.29) is 11.9 Å². The summed E-state index contributed by atoms with van der Waals surface area (Å²) in [6.45, 7) is 7.10. The van der Waals surface area contributed by atoms with Gasteiger partial charge in [0.05, 0.1) is 18.5 Å². The number of methoxy groups -OCH3 is 1. The van der Waals surface area contributed by atoms with Crippen LogP contribution in [0.15, 0.2) is 56.2 Å². The third-order valence-corrected chi connectivity index (χ3v) is 9.09. The fraction of sp³-hybridized carbons (Fsp3) is 0.407. The minimum atomic E-state index is 0.0983. The van der Waals surface area contributed by atoms with Gasteiger partial charge in [-0.05, 0) is 69.1 Å². The number of aryl methyl sites for hydroxylation is 2. The van der Waals surface area contributed by atoms with Crippen LogP contribution < -0.4 is 9.64 Å². The maximum absolute atomic E-state index is 14.0. The van der Waals surface area contributed by atoms with Gasteiger partial charge in [-0.3, -0.25) is 9.69 Å². The number of rotatable bonds is 4. The van der Waals surface area contributed by atoms with Crippen LogP contribution in [0.4, 0.5) is 11.4 Å². The molecule has 178 valence electrons. The molecule has 0 bridgehead atoms. The summed E-state index contributed by atoms with van der Waals surface area (Å²) in [6, 6.07) is 12.7. The van der Waals surface area contributed by atoms with Crippen molar-refractivity contribution in [2.75, 3.05) is 18.6 Å². The molecule has 0 unspecified atom stereocenters. The number of anilines is 1. The van der Waals surface area contributed by atoms with Gasteiger partial charge in [0.15, 0.2) is 5.17 Å². The van der Waals surface area contributed by atoms with E-state index in [1.54, 1.807) is 18.9 Å². The van der Waals surface area contributed by atoms with Crippen molar-refractivity contribution in [3.05, 3.63) is 57.5 Å². The molecule has 0 N–H and O–H groups in total. The molecule has 2 heterocycles. The van der Waals surface area contributed by atoms with Crippen molar-refractivity contribution in [2.24, 2.45) is 4.99 Å². The largest absolute Gasteiger partial charge is 0.497 e. The van der Waals surface area contributed by atoms with Crippen molar-refractivity contribution in [1.82, 2.24) is 4.90 Å². The number of fused-ring (bicyclic) bond motifs is 1. The van der Waals surface area contributed by atoms with Gasteiger partial charge in [-0.25, -0.2) is 4.99 Å². The molecule has 2 fully saturated rings. The van der Waals surface area contributed by atoms with Gasteiger partial charge in [0.25, 0.3) is 5.91 Å². The van der Waals surface area contributed by atoms with Crippen molar-refractivity contribution in [3.8, 4) is 5.75 Å². The van der Waals surface area contributed by atoms with E-state index in [9.17, 15) is 4.79 Å². The first-order valence-corrected chi connectivity index (χ1v) is 13.7. The Bertz CT molecular complexity index is 1180. The molecule has 2 aliphatic heterocycles. The van der Waals surface area contributed by atoms with E-state index in [1.807, 2.05) is 11.0 Å². The van der Waals surface area contributed by atoms with Crippen LogP contribution in [0, 0.1) is 13.8 Å². The number of ether oxygens (including phenoxy) is 1. The summed E-state index contributed by atoms with van der Waals surface area (Å²) in [7, 11) is 1.69. The molecule has 5 nitrogen and oxygen atoms in total. The lowest BCUT2D eigenvalue weighted by Crippen LogP contribution is -2.40. The zero-order valence-corrected chi connectivity index (χ0v) is 21.9. The highest BCUT2D eigenvalue weighted by molar-refractivity contribution is 8.19. The second-order valence-corrected chi connectivity index (χ2v) is 11.1. The monoisotopic (exact) mass is 493 g/mol.